The van der Waals surface area contributed by atoms with Crippen LogP contribution in [0.2, 0.25) is 5.02 Å². The van der Waals surface area contributed by atoms with Crippen molar-refractivity contribution in [2.24, 2.45) is 0 Å². The first-order valence-electron chi connectivity index (χ1n) is 3.99. The second-order valence-corrected chi connectivity index (χ2v) is 3.82. The Bertz CT molecular complexity index is 312. The van der Waals surface area contributed by atoms with Crippen molar-refractivity contribution < 1.29 is 0 Å². The first kappa shape index (κ1) is 8.42. The molecule has 1 aliphatic rings. The van der Waals surface area contributed by atoms with Crippen LogP contribution in [-0.2, 0) is 13.0 Å². The van der Waals surface area contributed by atoms with Gasteiger partial charge < -0.3 is 5.32 Å². The molecule has 1 N–H and O–H groups in total. The average Bonchev–Trinajstić information content (AvgIpc) is 2.12. The van der Waals surface area contributed by atoms with E-state index < -0.39 is 0 Å². The highest BCUT2D eigenvalue weighted by molar-refractivity contribution is 7.80. The second kappa shape index (κ2) is 3.29. The first-order valence-corrected chi connectivity index (χ1v) is 4.81. The fourth-order valence-corrected chi connectivity index (χ4v) is 1.97. The molecule has 64 valence electrons. The fraction of sp³-hybridized carbons (Fsp3) is 0.333. The topological polar surface area (TPSA) is 12.0 Å². The van der Waals surface area contributed by atoms with E-state index in [2.05, 4.69) is 24.0 Å². The third kappa shape index (κ3) is 1.35. The number of nitrogens with one attached hydrogen (secondary N) is 1. The summed E-state index contributed by atoms with van der Waals surface area (Å²) in [6, 6.07) is 4.08. The highest BCUT2D eigenvalue weighted by Gasteiger charge is 2.12. The van der Waals surface area contributed by atoms with E-state index in [4.69, 9.17) is 11.6 Å². The van der Waals surface area contributed by atoms with Crippen LogP contribution in [0.15, 0.2) is 17.0 Å². The highest BCUT2D eigenvalue weighted by Crippen LogP contribution is 2.28. The zero-order valence-corrected chi connectivity index (χ0v) is 8.25. The van der Waals surface area contributed by atoms with Gasteiger partial charge in [0.25, 0.3) is 0 Å². The molecule has 0 amide bonds. The van der Waals surface area contributed by atoms with Gasteiger partial charge in [-0.1, -0.05) is 17.7 Å². The predicted octanol–water partition coefficient (Wildman–Crippen LogP) is 2.27. The molecule has 0 saturated carbocycles. The molecule has 0 aliphatic carbocycles. The highest BCUT2D eigenvalue weighted by atomic mass is 35.5. The molecular weight excluding hydrogens is 190 g/mol. The number of fused-ring (bicyclic) bond motifs is 1. The minimum Gasteiger partial charge on any atom is -0.312 e. The predicted molar refractivity (Wildman–Crippen MR) is 54.1 cm³/mol. The van der Waals surface area contributed by atoms with Gasteiger partial charge in [0.2, 0.25) is 0 Å². The molecule has 1 aromatic rings. The van der Waals surface area contributed by atoms with Gasteiger partial charge in [0.05, 0.1) is 5.02 Å². The lowest BCUT2D eigenvalue weighted by Gasteiger charge is -2.18. The third-order valence-electron chi connectivity index (χ3n) is 2.19. The Morgan fingerprint density at radius 3 is 3.08 bits per heavy atom. The number of benzene rings is 1. The van der Waals surface area contributed by atoms with Gasteiger partial charge in [-0.15, -0.1) is 12.6 Å². The van der Waals surface area contributed by atoms with Crippen molar-refractivity contribution in [3.05, 3.63) is 28.3 Å². The molecule has 3 heteroatoms. The molecule has 0 unspecified atom stereocenters. The van der Waals surface area contributed by atoms with E-state index in [1.165, 1.54) is 11.1 Å². The molecule has 0 aromatic heterocycles. The lowest BCUT2D eigenvalue weighted by molar-refractivity contribution is 0.642. The smallest absolute Gasteiger partial charge is 0.0586 e. The van der Waals surface area contributed by atoms with Crippen molar-refractivity contribution in [3.8, 4) is 0 Å². The Morgan fingerprint density at radius 2 is 2.25 bits per heavy atom. The van der Waals surface area contributed by atoms with E-state index in [-0.39, 0.29) is 0 Å². The Balaban J connectivity index is 2.54. The van der Waals surface area contributed by atoms with Crippen LogP contribution < -0.4 is 5.32 Å². The second-order valence-electron chi connectivity index (χ2n) is 2.96. The van der Waals surface area contributed by atoms with Gasteiger partial charge in [-0.2, -0.15) is 0 Å². The Hall–Kier alpha value is -0.180. The van der Waals surface area contributed by atoms with Crippen molar-refractivity contribution in [2.75, 3.05) is 6.54 Å². The largest absolute Gasteiger partial charge is 0.312 e. The maximum atomic E-state index is 6.09. The summed E-state index contributed by atoms with van der Waals surface area (Å²) in [7, 11) is 0. The minimum absolute atomic E-state index is 0.808. The zero-order valence-electron chi connectivity index (χ0n) is 6.60. The molecular formula is C9H10ClNS. The van der Waals surface area contributed by atoms with Crippen LogP contribution in [0.25, 0.3) is 0 Å². The summed E-state index contributed by atoms with van der Waals surface area (Å²) in [4.78, 5) is 0.874. The summed E-state index contributed by atoms with van der Waals surface area (Å²) in [5.41, 5.74) is 2.58. The maximum absolute atomic E-state index is 6.09. The molecule has 0 radical (unpaired) electrons. The van der Waals surface area contributed by atoms with E-state index in [1.54, 1.807) is 0 Å². The van der Waals surface area contributed by atoms with Gasteiger partial charge in [-0.3, -0.25) is 0 Å². The van der Waals surface area contributed by atoms with E-state index in [0.29, 0.717) is 0 Å². The molecule has 12 heavy (non-hydrogen) atoms. The van der Waals surface area contributed by atoms with Crippen molar-refractivity contribution in [2.45, 2.75) is 17.9 Å². The van der Waals surface area contributed by atoms with Crippen LogP contribution in [0.5, 0.6) is 0 Å². The van der Waals surface area contributed by atoms with Gasteiger partial charge >= 0.3 is 0 Å². The Labute approximate surface area is 82.5 Å². The Morgan fingerprint density at radius 1 is 1.42 bits per heavy atom. The first-order chi connectivity index (χ1) is 5.79. The van der Waals surface area contributed by atoms with Crippen molar-refractivity contribution in [3.63, 3.8) is 0 Å². The van der Waals surface area contributed by atoms with Crippen molar-refractivity contribution >= 4 is 24.2 Å². The van der Waals surface area contributed by atoms with Gasteiger partial charge in [0.1, 0.15) is 0 Å². The lowest BCUT2D eigenvalue weighted by atomic mass is 10.0. The summed E-state index contributed by atoms with van der Waals surface area (Å²) in [6.07, 6.45) is 1.07. The molecule has 1 aliphatic heterocycles. The van der Waals surface area contributed by atoms with Crippen LogP contribution in [0.3, 0.4) is 0 Å². The quantitative estimate of drug-likeness (QED) is 0.611. The Kier molecular flexibility index (Phi) is 2.31. The van der Waals surface area contributed by atoms with Gasteiger partial charge in [-0.05, 0) is 30.2 Å². The minimum atomic E-state index is 0.808. The summed E-state index contributed by atoms with van der Waals surface area (Å²) in [5, 5.41) is 4.10. The van der Waals surface area contributed by atoms with Crippen LogP contribution in [-0.4, -0.2) is 6.54 Å². The number of hydrogen-bond donors (Lipinski definition) is 2. The molecule has 0 atom stereocenters. The van der Waals surface area contributed by atoms with Gasteiger partial charge in [0.15, 0.2) is 0 Å². The molecule has 1 nitrogen and oxygen atoms in total. The van der Waals surface area contributed by atoms with Crippen LogP contribution >= 0.6 is 24.2 Å². The molecule has 0 saturated heterocycles. The van der Waals surface area contributed by atoms with Gasteiger partial charge in [0, 0.05) is 11.4 Å². The summed E-state index contributed by atoms with van der Waals surface area (Å²) in [6.45, 7) is 1.93. The molecule has 1 aromatic carbocycles. The number of halogens is 1. The summed E-state index contributed by atoms with van der Waals surface area (Å²) in [5.74, 6) is 0. The van der Waals surface area contributed by atoms with Crippen LogP contribution in [0.1, 0.15) is 11.1 Å². The number of thiol groups is 1. The molecule has 0 fully saturated rings. The van der Waals surface area contributed by atoms with Crippen LogP contribution in [0.4, 0.5) is 0 Å². The third-order valence-corrected chi connectivity index (χ3v) is 3.13. The lowest BCUT2D eigenvalue weighted by Crippen LogP contribution is -2.23. The summed E-state index contributed by atoms with van der Waals surface area (Å²) < 4.78 is 0. The zero-order chi connectivity index (χ0) is 8.55. The normalized spacial score (nSPS) is 15.8. The van der Waals surface area contributed by atoms with E-state index in [1.807, 2.05) is 6.07 Å². The summed E-state index contributed by atoms with van der Waals surface area (Å²) >= 11 is 10.4. The molecule has 0 spiro atoms. The standard InChI is InChI=1S/C9H10ClNS/c10-9-7-5-11-4-3-6(7)1-2-8(9)12/h1-2,11-12H,3-5H2. The van der Waals surface area contributed by atoms with E-state index in [0.717, 1.165) is 29.4 Å². The molecule has 0 bridgehead atoms. The van der Waals surface area contributed by atoms with E-state index >= 15 is 0 Å². The van der Waals surface area contributed by atoms with E-state index in [9.17, 15) is 0 Å². The molecule has 2 rings (SSSR count). The fourth-order valence-electron chi connectivity index (χ4n) is 1.51. The monoisotopic (exact) mass is 199 g/mol. The average molecular weight is 200 g/mol. The number of rotatable bonds is 0. The SMILES string of the molecule is Sc1ccc2c(c1Cl)CNCC2. The maximum Gasteiger partial charge on any atom is 0.0586 e. The van der Waals surface area contributed by atoms with Crippen LogP contribution in [0, 0.1) is 0 Å². The van der Waals surface area contributed by atoms with Gasteiger partial charge in [-0.25, -0.2) is 0 Å². The molecule has 1 heterocycles. The van der Waals surface area contributed by atoms with Crippen molar-refractivity contribution in [1.82, 2.24) is 5.32 Å². The van der Waals surface area contributed by atoms with Crippen molar-refractivity contribution in [1.29, 1.82) is 0 Å². The number of hydrogen-bond acceptors (Lipinski definition) is 2.